The first-order chi connectivity index (χ1) is 20.3. The van der Waals surface area contributed by atoms with Crippen molar-refractivity contribution in [3.05, 3.63) is 107 Å². The van der Waals surface area contributed by atoms with Gasteiger partial charge in [-0.3, -0.25) is 9.59 Å². The first kappa shape index (κ1) is 28.5. The molecule has 0 bridgehead atoms. The number of methoxy groups -OCH3 is 4. The number of ketones is 2. The summed E-state index contributed by atoms with van der Waals surface area (Å²) in [6.07, 6.45) is 0. The maximum absolute atomic E-state index is 14.7. The zero-order valence-corrected chi connectivity index (χ0v) is 23.7. The minimum Gasteiger partial charge on any atom is -0.508 e. The van der Waals surface area contributed by atoms with Crippen LogP contribution in [-0.2, 0) is 0 Å². The van der Waals surface area contributed by atoms with E-state index in [1.807, 2.05) is 60.7 Å². The van der Waals surface area contributed by atoms with Crippen molar-refractivity contribution in [2.24, 2.45) is 11.8 Å². The van der Waals surface area contributed by atoms with E-state index in [9.17, 15) is 19.8 Å². The van der Waals surface area contributed by atoms with E-state index in [0.29, 0.717) is 0 Å². The van der Waals surface area contributed by atoms with Gasteiger partial charge in [0, 0.05) is 47.9 Å². The Bertz CT molecular complexity index is 1430. The number of aromatic hydroxyl groups is 2. The lowest BCUT2D eigenvalue weighted by Gasteiger charge is -2.51. The van der Waals surface area contributed by atoms with E-state index in [0.717, 1.165) is 11.1 Å². The van der Waals surface area contributed by atoms with Crippen LogP contribution < -0.4 is 18.9 Å². The minimum atomic E-state index is -0.847. The van der Waals surface area contributed by atoms with Crippen LogP contribution in [0.3, 0.4) is 0 Å². The SMILES string of the molecule is COc1cc(O)cc(OC)c1C(=O)[C@H]1[C@H](C(=O)c2c(OC)cc(O)cc2OC)[C@@H](c2ccccc2)[C@@H]1c1ccccc1. The Labute approximate surface area is 244 Å². The Kier molecular flexibility index (Phi) is 8.06. The average molecular weight is 569 g/mol. The molecule has 8 nitrogen and oxygen atoms in total. The van der Waals surface area contributed by atoms with Crippen LogP contribution in [0.2, 0.25) is 0 Å². The fraction of sp³-hybridized carbons (Fsp3) is 0.235. The maximum atomic E-state index is 14.7. The summed E-state index contributed by atoms with van der Waals surface area (Å²) in [7, 11) is 5.62. The number of ether oxygens (including phenoxy) is 4. The van der Waals surface area contributed by atoms with Gasteiger partial charge in [-0.1, -0.05) is 60.7 Å². The summed E-state index contributed by atoms with van der Waals surface area (Å²) in [5.41, 5.74) is 2.07. The fourth-order valence-electron chi connectivity index (χ4n) is 6.20. The molecule has 4 aromatic carbocycles. The Balaban J connectivity index is 1.75. The normalized spacial score (nSPS) is 19.3. The Morgan fingerprint density at radius 1 is 0.524 bits per heavy atom. The predicted octanol–water partition coefficient (Wildman–Crippen LogP) is 6.01. The summed E-state index contributed by atoms with van der Waals surface area (Å²) in [6, 6.07) is 24.6. The number of phenols is 2. The van der Waals surface area contributed by atoms with Gasteiger partial charge in [0.1, 0.15) is 45.6 Å². The summed E-state index contributed by atoms with van der Waals surface area (Å²) in [4.78, 5) is 29.3. The standard InChI is InChI=1S/C34H32O8/c1-39-23-15-21(35)16-24(40-2)29(23)33(37)31-27(19-11-7-5-8-12-19)28(20-13-9-6-10-14-20)32(31)34(38)30-25(41-3)17-22(36)18-26(30)42-4/h5-18,27-28,31-32,35-36H,1-4H3/t27-,28-,31+,32+/m0/s1. The number of rotatable bonds is 10. The predicted molar refractivity (Wildman–Crippen MR) is 156 cm³/mol. The van der Waals surface area contributed by atoms with Crippen LogP contribution >= 0.6 is 0 Å². The molecule has 4 aromatic rings. The first-order valence-electron chi connectivity index (χ1n) is 13.4. The summed E-state index contributed by atoms with van der Waals surface area (Å²) in [5.74, 6) is -2.88. The molecule has 216 valence electrons. The van der Waals surface area contributed by atoms with E-state index in [2.05, 4.69) is 0 Å². The number of carbonyl (C=O) groups is 2. The summed E-state index contributed by atoms with van der Waals surface area (Å²) in [6.45, 7) is 0. The van der Waals surface area contributed by atoms with Gasteiger partial charge in [0.25, 0.3) is 0 Å². The Morgan fingerprint density at radius 3 is 1.07 bits per heavy atom. The van der Waals surface area contributed by atoms with Gasteiger partial charge >= 0.3 is 0 Å². The highest BCUT2D eigenvalue weighted by molar-refractivity contribution is 6.11. The van der Waals surface area contributed by atoms with Crippen LogP contribution in [0, 0.1) is 11.8 Å². The quantitative estimate of drug-likeness (QED) is 0.224. The molecule has 8 heteroatoms. The molecule has 1 saturated carbocycles. The molecule has 0 saturated heterocycles. The summed E-state index contributed by atoms with van der Waals surface area (Å²) >= 11 is 0. The minimum absolute atomic E-state index is 0.123. The maximum Gasteiger partial charge on any atom is 0.174 e. The topological polar surface area (TPSA) is 112 Å². The monoisotopic (exact) mass is 568 g/mol. The second-order valence-electron chi connectivity index (χ2n) is 10.1. The second kappa shape index (κ2) is 11.9. The van der Waals surface area contributed by atoms with Crippen molar-refractivity contribution in [2.75, 3.05) is 28.4 Å². The molecule has 4 atom stereocenters. The molecule has 0 heterocycles. The number of Topliss-reactive ketones (excluding diaryl/α,β-unsaturated/α-hetero) is 2. The fourth-order valence-corrected chi connectivity index (χ4v) is 6.20. The number of phenolic OH excluding ortho intramolecular Hbond substituents is 2. The van der Waals surface area contributed by atoms with Crippen molar-refractivity contribution in [1.82, 2.24) is 0 Å². The van der Waals surface area contributed by atoms with Crippen molar-refractivity contribution < 1.29 is 38.7 Å². The highest BCUT2D eigenvalue weighted by Gasteiger charge is 2.59. The number of carbonyl (C=O) groups excluding carboxylic acids is 2. The van der Waals surface area contributed by atoms with E-state index in [1.165, 1.54) is 52.7 Å². The number of hydrogen-bond acceptors (Lipinski definition) is 8. The third kappa shape index (κ3) is 4.89. The molecule has 2 N–H and O–H groups in total. The van der Waals surface area contributed by atoms with E-state index >= 15 is 0 Å². The van der Waals surface area contributed by atoms with Crippen LogP contribution in [-0.4, -0.2) is 50.2 Å². The van der Waals surface area contributed by atoms with Gasteiger partial charge in [0.05, 0.1) is 28.4 Å². The van der Waals surface area contributed by atoms with Crippen LogP contribution in [0.15, 0.2) is 84.9 Å². The van der Waals surface area contributed by atoms with Gasteiger partial charge in [-0.05, 0) is 11.1 Å². The summed E-state index contributed by atoms with van der Waals surface area (Å²) in [5, 5.41) is 20.5. The molecular weight excluding hydrogens is 536 g/mol. The molecule has 1 aliphatic carbocycles. The van der Waals surface area contributed by atoms with E-state index < -0.39 is 11.8 Å². The van der Waals surface area contributed by atoms with E-state index in [1.54, 1.807) is 0 Å². The van der Waals surface area contributed by atoms with Crippen LogP contribution in [0.1, 0.15) is 43.7 Å². The molecule has 0 aromatic heterocycles. The molecule has 0 spiro atoms. The van der Waals surface area contributed by atoms with Gasteiger partial charge in [-0.2, -0.15) is 0 Å². The Morgan fingerprint density at radius 2 is 0.810 bits per heavy atom. The van der Waals surface area contributed by atoms with Crippen LogP contribution in [0.25, 0.3) is 0 Å². The number of benzene rings is 4. The highest BCUT2D eigenvalue weighted by atomic mass is 16.5. The molecule has 1 fully saturated rings. The van der Waals surface area contributed by atoms with Gasteiger partial charge in [-0.15, -0.1) is 0 Å². The van der Waals surface area contributed by atoms with Crippen molar-refractivity contribution in [2.45, 2.75) is 11.8 Å². The van der Waals surface area contributed by atoms with Gasteiger partial charge < -0.3 is 29.2 Å². The van der Waals surface area contributed by atoms with Crippen molar-refractivity contribution in [3.63, 3.8) is 0 Å². The molecule has 0 unspecified atom stereocenters. The smallest absolute Gasteiger partial charge is 0.174 e. The van der Waals surface area contributed by atoms with E-state index in [4.69, 9.17) is 18.9 Å². The summed E-state index contributed by atoms with van der Waals surface area (Å²) < 4.78 is 22.1. The van der Waals surface area contributed by atoms with Crippen molar-refractivity contribution in [1.29, 1.82) is 0 Å². The lowest BCUT2D eigenvalue weighted by atomic mass is 9.49. The molecular formula is C34H32O8. The molecule has 0 aliphatic heterocycles. The number of hydrogen-bond donors (Lipinski definition) is 2. The largest absolute Gasteiger partial charge is 0.508 e. The van der Waals surface area contributed by atoms with Gasteiger partial charge in [0.15, 0.2) is 11.6 Å². The highest BCUT2D eigenvalue weighted by Crippen LogP contribution is 2.61. The molecule has 5 rings (SSSR count). The Hall–Kier alpha value is -4.98. The van der Waals surface area contributed by atoms with Crippen LogP contribution in [0.5, 0.6) is 34.5 Å². The lowest BCUT2D eigenvalue weighted by Crippen LogP contribution is -2.51. The third-order valence-electron chi connectivity index (χ3n) is 8.00. The van der Waals surface area contributed by atoms with Gasteiger partial charge in [0.2, 0.25) is 0 Å². The first-order valence-corrected chi connectivity index (χ1v) is 13.4. The van der Waals surface area contributed by atoms with Crippen molar-refractivity contribution >= 4 is 11.6 Å². The zero-order valence-electron chi connectivity index (χ0n) is 23.7. The molecule has 0 radical (unpaired) electrons. The van der Waals surface area contributed by atoms with E-state index in [-0.39, 0.29) is 69.0 Å². The van der Waals surface area contributed by atoms with Crippen LogP contribution in [0.4, 0.5) is 0 Å². The molecule has 42 heavy (non-hydrogen) atoms. The molecule has 1 aliphatic rings. The molecule has 0 amide bonds. The third-order valence-corrected chi connectivity index (χ3v) is 8.00. The lowest BCUT2D eigenvalue weighted by molar-refractivity contribution is 0.0448. The average Bonchev–Trinajstić information content (AvgIpc) is 3.00. The van der Waals surface area contributed by atoms with Crippen molar-refractivity contribution in [3.8, 4) is 34.5 Å². The zero-order chi connectivity index (χ0) is 30.0. The van der Waals surface area contributed by atoms with Gasteiger partial charge in [-0.25, -0.2) is 0 Å². The second-order valence-corrected chi connectivity index (χ2v) is 10.1.